The highest BCUT2D eigenvalue weighted by Crippen LogP contribution is 2.19. The lowest BCUT2D eigenvalue weighted by Gasteiger charge is -2.04. The van der Waals surface area contributed by atoms with Crippen LogP contribution in [0.25, 0.3) is 17.0 Å². The van der Waals surface area contributed by atoms with Gasteiger partial charge in [-0.2, -0.15) is 0 Å². The highest BCUT2D eigenvalue weighted by atomic mass is 16.1. The lowest BCUT2D eigenvalue weighted by atomic mass is 10.2. The van der Waals surface area contributed by atoms with E-state index >= 15 is 0 Å². The third kappa shape index (κ3) is 2.94. The number of hydrogen-bond donors (Lipinski definition) is 1. The molecule has 0 fully saturated rings. The normalized spacial score (nSPS) is 10.8. The quantitative estimate of drug-likeness (QED) is 0.624. The SMILES string of the molecule is Cc1cc(-c2nc3c(C(=O)Nc4ccccn4)cccn3n2)ccn1. The summed E-state index contributed by atoms with van der Waals surface area (Å²) in [5.41, 5.74) is 2.65. The van der Waals surface area contributed by atoms with Crippen molar-refractivity contribution in [3.8, 4) is 11.4 Å². The van der Waals surface area contributed by atoms with Crippen LogP contribution in [0.2, 0.25) is 0 Å². The van der Waals surface area contributed by atoms with E-state index in [-0.39, 0.29) is 5.91 Å². The van der Waals surface area contributed by atoms with Gasteiger partial charge in [0.15, 0.2) is 11.5 Å². The van der Waals surface area contributed by atoms with Crippen LogP contribution in [0, 0.1) is 6.92 Å². The van der Waals surface area contributed by atoms with Crippen LogP contribution >= 0.6 is 0 Å². The molecular formula is C18H14N6O. The van der Waals surface area contributed by atoms with E-state index in [1.165, 1.54) is 0 Å². The molecule has 0 aromatic carbocycles. The summed E-state index contributed by atoms with van der Waals surface area (Å²) in [4.78, 5) is 25.4. The Balaban J connectivity index is 1.74. The average Bonchev–Trinajstić information content (AvgIpc) is 3.07. The summed E-state index contributed by atoms with van der Waals surface area (Å²) >= 11 is 0. The molecule has 0 saturated heterocycles. The molecule has 0 saturated carbocycles. The van der Waals surface area contributed by atoms with Crippen LogP contribution in [0.1, 0.15) is 16.1 Å². The van der Waals surface area contributed by atoms with Crippen LogP contribution in [-0.2, 0) is 0 Å². The Morgan fingerprint density at radius 2 is 2.00 bits per heavy atom. The minimum atomic E-state index is -0.283. The van der Waals surface area contributed by atoms with E-state index in [2.05, 4.69) is 25.4 Å². The van der Waals surface area contributed by atoms with Crippen molar-refractivity contribution in [3.63, 3.8) is 0 Å². The van der Waals surface area contributed by atoms with E-state index in [1.54, 1.807) is 47.4 Å². The first kappa shape index (κ1) is 14.9. The molecule has 0 bridgehead atoms. The summed E-state index contributed by atoms with van der Waals surface area (Å²) in [7, 11) is 0. The van der Waals surface area contributed by atoms with Crippen molar-refractivity contribution in [3.05, 3.63) is 72.3 Å². The number of amides is 1. The first-order valence-electron chi connectivity index (χ1n) is 7.71. The minimum Gasteiger partial charge on any atom is -0.306 e. The van der Waals surface area contributed by atoms with Gasteiger partial charge in [0, 0.05) is 29.8 Å². The molecule has 0 spiro atoms. The summed E-state index contributed by atoms with van der Waals surface area (Å²) in [6.45, 7) is 1.91. The fourth-order valence-electron chi connectivity index (χ4n) is 2.51. The lowest BCUT2D eigenvalue weighted by Crippen LogP contribution is -2.14. The molecule has 4 aromatic rings. The van der Waals surface area contributed by atoms with E-state index in [9.17, 15) is 4.79 Å². The number of nitrogens with zero attached hydrogens (tertiary/aromatic N) is 5. The van der Waals surface area contributed by atoms with Crippen LogP contribution in [-0.4, -0.2) is 30.5 Å². The molecule has 7 heteroatoms. The molecule has 1 amide bonds. The van der Waals surface area contributed by atoms with Gasteiger partial charge in [0.25, 0.3) is 5.91 Å². The molecule has 1 N–H and O–H groups in total. The topological polar surface area (TPSA) is 85.1 Å². The fraction of sp³-hybridized carbons (Fsp3) is 0.0556. The summed E-state index contributed by atoms with van der Waals surface area (Å²) < 4.78 is 1.60. The largest absolute Gasteiger partial charge is 0.306 e. The van der Waals surface area contributed by atoms with Gasteiger partial charge in [-0.25, -0.2) is 14.5 Å². The van der Waals surface area contributed by atoms with Crippen LogP contribution in [0.5, 0.6) is 0 Å². The van der Waals surface area contributed by atoms with Crippen molar-refractivity contribution in [2.24, 2.45) is 0 Å². The molecule has 122 valence electrons. The van der Waals surface area contributed by atoms with Crippen molar-refractivity contribution >= 4 is 17.4 Å². The average molecular weight is 330 g/mol. The highest BCUT2D eigenvalue weighted by Gasteiger charge is 2.15. The number of rotatable bonds is 3. The number of fused-ring (bicyclic) bond motifs is 1. The molecule has 25 heavy (non-hydrogen) atoms. The van der Waals surface area contributed by atoms with Gasteiger partial charge in [0.05, 0.1) is 5.56 Å². The van der Waals surface area contributed by atoms with Crippen LogP contribution in [0.3, 0.4) is 0 Å². The Morgan fingerprint density at radius 3 is 2.80 bits per heavy atom. The number of carbonyl (C=O) groups excluding carboxylic acids is 1. The maximum absolute atomic E-state index is 12.6. The van der Waals surface area contributed by atoms with Gasteiger partial charge in [0.1, 0.15) is 5.82 Å². The number of hydrogen-bond acceptors (Lipinski definition) is 5. The third-order valence-electron chi connectivity index (χ3n) is 3.67. The number of nitrogens with one attached hydrogen (secondary N) is 1. The summed E-state index contributed by atoms with van der Waals surface area (Å²) in [6.07, 6.45) is 5.10. The lowest BCUT2D eigenvalue weighted by molar-refractivity contribution is 0.102. The molecule has 4 rings (SSSR count). The van der Waals surface area contributed by atoms with E-state index in [0.717, 1.165) is 11.3 Å². The molecule has 0 atom stereocenters. The Hall–Kier alpha value is -3.61. The van der Waals surface area contributed by atoms with Gasteiger partial charge < -0.3 is 5.32 Å². The summed E-state index contributed by atoms with van der Waals surface area (Å²) in [5, 5.41) is 7.22. The minimum absolute atomic E-state index is 0.283. The molecule has 7 nitrogen and oxygen atoms in total. The van der Waals surface area contributed by atoms with Gasteiger partial charge in [-0.05, 0) is 43.3 Å². The number of aryl methyl sites for hydroxylation is 1. The van der Waals surface area contributed by atoms with Gasteiger partial charge >= 0.3 is 0 Å². The van der Waals surface area contributed by atoms with E-state index in [1.807, 2.05) is 25.1 Å². The number of pyridine rings is 3. The number of carbonyl (C=O) groups is 1. The Morgan fingerprint density at radius 1 is 1.08 bits per heavy atom. The van der Waals surface area contributed by atoms with Gasteiger partial charge in [-0.1, -0.05) is 6.07 Å². The van der Waals surface area contributed by atoms with Crippen LogP contribution in [0.15, 0.2) is 61.1 Å². The zero-order chi connectivity index (χ0) is 17.2. The van der Waals surface area contributed by atoms with Gasteiger partial charge in [0.2, 0.25) is 0 Å². The number of aromatic nitrogens is 5. The van der Waals surface area contributed by atoms with E-state index in [0.29, 0.717) is 22.9 Å². The molecule has 4 aromatic heterocycles. The smallest absolute Gasteiger partial charge is 0.260 e. The van der Waals surface area contributed by atoms with Crippen molar-refractivity contribution in [1.82, 2.24) is 24.6 Å². The Labute approximate surface area is 143 Å². The number of anilines is 1. The predicted molar refractivity (Wildman–Crippen MR) is 93.1 cm³/mol. The van der Waals surface area contributed by atoms with Crippen molar-refractivity contribution in [2.45, 2.75) is 6.92 Å². The second-order valence-corrected chi connectivity index (χ2v) is 5.48. The second-order valence-electron chi connectivity index (χ2n) is 5.48. The van der Waals surface area contributed by atoms with Crippen LogP contribution in [0.4, 0.5) is 5.82 Å². The Kier molecular flexibility index (Phi) is 3.66. The second kappa shape index (κ2) is 6.12. The fourth-order valence-corrected chi connectivity index (χ4v) is 2.51. The molecule has 0 radical (unpaired) electrons. The molecule has 0 unspecified atom stereocenters. The zero-order valence-corrected chi connectivity index (χ0v) is 13.4. The zero-order valence-electron chi connectivity index (χ0n) is 13.4. The summed E-state index contributed by atoms with van der Waals surface area (Å²) in [6, 6.07) is 12.5. The van der Waals surface area contributed by atoms with Crippen molar-refractivity contribution in [1.29, 1.82) is 0 Å². The Bertz CT molecular complexity index is 1060. The third-order valence-corrected chi connectivity index (χ3v) is 3.67. The van der Waals surface area contributed by atoms with Crippen molar-refractivity contribution in [2.75, 3.05) is 5.32 Å². The van der Waals surface area contributed by atoms with E-state index in [4.69, 9.17) is 0 Å². The predicted octanol–water partition coefficient (Wildman–Crippen LogP) is 2.75. The molecular weight excluding hydrogens is 316 g/mol. The van der Waals surface area contributed by atoms with Crippen LogP contribution < -0.4 is 5.32 Å². The molecule has 4 heterocycles. The summed E-state index contributed by atoms with van der Waals surface area (Å²) in [5.74, 6) is 0.747. The highest BCUT2D eigenvalue weighted by molar-refractivity contribution is 6.07. The molecule has 0 aliphatic heterocycles. The van der Waals surface area contributed by atoms with E-state index < -0.39 is 0 Å². The first-order valence-corrected chi connectivity index (χ1v) is 7.71. The van der Waals surface area contributed by atoms with Gasteiger partial charge in [-0.3, -0.25) is 9.78 Å². The molecule has 0 aliphatic rings. The maximum Gasteiger partial charge on any atom is 0.260 e. The van der Waals surface area contributed by atoms with Crippen molar-refractivity contribution < 1.29 is 4.79 Å². The monoisotopic (exact) mass is 330 g/mol. The molecule has 0 aliphatic carbocycles. The first-order chi connectivity index (χ1) is 12.2. The van der Waals surface area contributed by atoms with Gasteiger partial charge in [-0.15, -0.1) is 5.10 Å². The standard InChI is InChI=1S/C18H14N6O/c1-12-11-13(7-9-19-12)16-22-17-14(5-4-10-24(17)23-16)18(25)21-15-6-2-3-8-20-15/h2-11H,1H3,(H,20,21,25). The maximum atomic E-state index is 12.6.